The standard InChI is InChI=1S/C18H25N5OS/c1-3-23-12-14(11-20-23)17(24)22-7-4-18(5-8-22)10-15(18)21(2)13-16-19-6-9-25-16/h6,9,11-12,15H,3-5,7-8,10,13H2,1-2H3/t15-/m0/s1. The lowest BCUT2D eigenvalue weighted by atomic mass is 9.92. The molecule has 25 heavy (non-hydrogen) atoms. The Hall–Kier alpha value is -1.73. The van der Waals surface area contributed by atoms with Gasteiger partial charge >= 0.3 is 0 Å². The first-order chi connectivity index (χ1) is 12.1. The molecule has 1 aliphatic heterocycles. The van der Waals surface area contributed by atoms with Gasteiger partial charge in [0, 0.05) is 43.4 Å². The lowest BCUT2D eigenvalue weighted by Crippen LogP contribution is -2.41. The third-order valence-electron chi connectivity index (χ3n) is 5.80. The van der Waals surface area contributed by atoms with E-state index in [1.54, 1.807) is 17.5 Å². The minimum atomic E-state index is 0.128. The van der Waals surface area contributed by atoms with Crippen molar-refractivity contribution in [1.82, 2.24) is 24.6 Å². The highest BCUT2D eigenvalue weighted by atomic mass is 32.1. The maximum Gasteiger partial charge on any atom is 0.257 e. The van der Waals surface area contributed by atoms with Crippen molar-refractivity contribution >= 4 is 17.2 Å². The molecule has 1 amide bonds. The average molecular weight is 359 g/mol. The minimum Gasteiger partial charge on any atom is -0.339 e. The molecule has 1 saturated carbocycles. The van der Waals surface area contributed by atoms with Crippen molar-refractivity contribution in [3.8, 4) is 0 Å². The molecule has 0 aromatic carbocycles. The molecule has 0 unspecified atom stereocenters. The van der Waals surface area contributed by atoms with E-state index in [9.17, 15) is 4.79 Å². The first-order valence-electron chi connectivity index (χ1n) is 9.02. The van der Waals surface area contributed by atoms with E-state index in [0.29, 0.717) is 17.0 Å². The zero-order valence-corrected chi connectivity index (χ0v) is 15.7. The van der Waals surface area contributed by atoms with Gasteiger partial charge in [0.05, 0.1) is 18.3 Å². The number of aromatic nitrogens is 3. The van der Waals surface area contributed by atoms with Crippen LogP contribution < -0.4 is 0 Å². The zero-order chi connectivity index (χ0) is 17.4. The Morgan fingerprint density at radius 3 is 2.88 bits per heavy atom. The maximum absolute atomic E-state index is 12.6. The summed E-state index contributed by atoms with van der Waals surface area (Å²) >= 11 is 1.72. The third kappa shape index (κ3) is 3.22. The second-order valence-corrected chi connectivity index (χ2v) is 8.28. The van der Waals surface area contributed by atoms with E-state index in [1.165, 1.54) is 11.4 Å². The van der Waals surface area contributed by atoms with Crippen LogP contribution in [0.5, 0.6) is 0 Å². The van der Waals surface area contributed by atoms with Gasteiger partial charge < -0.3 is 4.90 Å². The second-order valence-electron chi connectivity index (χ2n) is 7.30. The minimum absolute atomic E-state index is 0.128. The fourth-order valence-corrected chi connectivity index (χ4v) is 4.80. The number of amides is 1. The molecule has 0 radical (unpaired) electrons. The monoisotopic (exact) mass is 359 g/mol. The predicted molar refractivity (Wildman–Crippen MR) is 97.5 cm³/mol. The quantitative estimate of drug-likeness (QED) is 0.823. The highest BCUT2D eigenvalue weighted by molar-refractivity contribution is 7.09. The van der Waals surface area contributed by atoms with Gasteiger partial charge in [-0.15, -0.1) is 11.3 Å². The van der Waals surface area contributed by atoms with Crippen molar-refractivity contribution in [3.63, 3.8) is 0 Å². The van der Waals surface area contributed by atoms with E-state index in [2.05, 4.69) is 22.0 Å². The molecular weight excluding hydrogens is 334 g/mol. The molecule has 1 saturated heterocycles. The molecule has 3 heterocycles. The normalized spacial score (nSPS) is 21.9. The molecule has 2 aromatic rings. The number of thiazole rings is 1. The third-order valence-corrected chi connectivity index (χ3v) is 6.56. The van der Waals surface area contributed by atoms with Crippen LogP contribution in [0, 0.1) is 5.41 Å². The van der Waals surface area contributed by atoms with Gasteiger partial charge in [-0.1, -0.05) is 0 Å². The van der Waals surface area contributed by atoms with Gasteiger partial charge in [-0.25, -0.2) is 4.98 Å². The summed E-state index contributed by atoms with van der Waals surface area (Å²) in [6.07, 6.45) is 8.89. The fraction of sp³-hybridized carbons (Fsp3) is 0.611. The van der Waals surface area contributed by atoms with Crippen LogP contribution in [0.3, 0.4) is 0 Å². The van der Waals surface area contributed by atoms with Crippen LogP contribution in [0.1, 0.15) is 41.6 Å². The summed E-state index contributed by atoms with van der Waals surface area (Å²) in [7, 11) is 2.21. The number of hydrogen-bond acceptors (Lipinski definition) is 5. The van der Waals surface area contributed by atoms with Gasteiger partial charge in [-0.2, -0.15) is 5.10 Å². The van der Waals surface area contributed by atoms with Crippen LogP contribution in [-0.4, -0.2) is 56.7 Å². The molecule has 1 atom stereocenters. The summed E-state index contributed by atoms with van der Waals surface area (Å²) in [4.78, 5) is 21.5. The van der Waals surface area contributed by atoms with Crippen LogP contribution >= 0.6 is 11.3 Å². The van der Waals surface area contributed by atoms with E-state index in [1.807, 2.05) is 34.3 Å². The molecule has 4 rings (SSSR count). The number of rotatable bonds is 5. The lowest BCUT2D eigenvalue weighted by Gasteiger charge is -2.34. The van der Waals surface area contributed by atoms with E-state index < -0.39 is 0 Å². The fourth-order valence-electron chi connectivity index (χ4n) is 4.13. The van der Waals surface area contributed by atoms with Crippen molar-refractivity contribution in [2.24, 2.45) is 5.41 Å². The van der Waals surface area contributed by atoms with Gasteiger partial charge in [0.15, 0.2) is 0 Å². The first-order valence-corrected chi connectivity index (χ1v) is 9.89. The number of piperidine rings is 1. The second kappa shape index (κ2) is 6.53. The molecule has 1 aliphatic carbocycles. The van der Waals surface area contributed by atoms with Crippen LogP contribution in [0.4, 0.5) is 0 Å². The van der Waals surface area contributed by atoms with Crippen molar-refractivity contribution in [2.75, 3.05) is 20.1 Å². The summed E-state index contributed by atoms with van der Waals surface area (Å²) in [5, 5.41) is 7.44. The molecule has 7 heteroatoms. The molecule has 6 nitrogen and oxygen atoms in total. The molecule has 2 aliphatic rings. The van der Waals surface area contributed by atoms with Gasteiger partial charge in [0.25, 0.3) is 5.91 Å². The Morgan fingerprint density at radius 1 is 1.44 bits per heavy atom. The predicted octanol–water partition coefficient (Wildman–Crippen LogP) is 2.49. The topological polar surface area (TPSA) is 54.3 Å². The Kier molecular flexibility index (Phi) is 4.37. The SMILES string of the molecule is CCn1cc(C(=O)N2CCC3(CC2)C[C@@H]3N(C)Cc2nccs2)cn1. The molecule has 1 spiro atoms. The van der Waals surface area contributed by atoms with Gasteiger partial charge in [0.1, 0.15) is 5.01 Å². The van der Waals surface area contributed by atoms with Crippen molar-refractivity contribution < 1.29 is 4.79 Å². The Morgan fingerprint density at radius 2 is 2.24 bits per heavy atom. The van der Waals surface area contributed by atoms with E-state index in [4.69, 9.17) is 0 Å². The van der Waals surface area contributed by atoms with Crippen molar-refractivity contribution in [1.29, 1.82) is 0 Å². The Bertz CT molecular complexity index is 732. The van der Waals surface area contributed by atoms with E-state index >= 15 is 0 Å². The van der Waals surface area contributed by atoms with Crippen LogP contribution in [0.2, 0.25) is 0 Å². The Balaban J connectivity index is 1.32. The zero-order valence-electron chi connectivity index (χ0n) is 14.9. The van der Waals surface area contributed by atoms with Crippen LogP contribution in [0.15, 0.2) is 24.0 Å². The average Bonchev–Trinajstić information content (AvgIpc) is 3.02. The van der Waals surface area contributed by atoms with Gasteiger partial charge in [0.2, 0.25) is 0 Å². The Labute approximate surface area is 152 Å². The van der Waals surface area contributed by atoms with Crippen molar-refractivity contribution in [3.05, 3.63) is 34.5 Å². The summed E-state index contributed by atoms with van der Waals surface area (Å²) in [6.45, 7) is 5.48. The van der Waals surface area contributed by atoms with Crippen molar-refractivity contribution in [2.45, 2.75) is 45.3 Å². The van der Waals surface area contributed by atoms with Gasteiger partial charge in [-0.3, -0.25) is 14.4 Å². The maximum atomic E-state index is 12.6. The molecule has 0 bridgehead atoms. The number of carbonyl (C=O) groups is 1. The highest BCUT2D eigenvalue weighted by Gasteiger charge is 2.56. The lowest BCUT2D eigenvalue weighted by molar-refractivity contribution is 0.0657. The summed E-state index contributed by atoms with van der Waals surface area (Å²) in [5.41, 5.74) is 1.13. The summed E-state index contributed by atoms with van der Waals surface area (Å²) < 4.78 is 1.81. The molecule has 2 aromatic heterocycles. The van der Waals surface area contributed by atoms with E-state index in [0.717, 1.165) is 39.0 Å². The highest BCUT2D eigenvalue weighted by Crippen LogP contribution is 2.56. The van der Waals surface area contributed by atoms with E-state index in [-0.39, 0.29) is 5.91 Å². The van der Waals surface area contributed by atoms with Gasteiger partial charge in [-0.05, 0) is 38.6 Å². The largest absolute Gasteiger partial charge is 0.339 e. The molecule has 134 valence electrons. The number of carbonyl (C=O) groups excluding carboxylic acids is 1. The van der Waals surface area contributed by atoms with Crippen LogP contribution in [-0.2, 0) is 13.1 Å². The number of aryl methyl sites for hydroxylation is 1. The summed E-state index contributed by atoms with van der Waals surface area (Å²) in [6, 6.07) is 0.636. The first kappa shape index (κ1) is 16.7. The number of likely N-dealkylation sites (tertiary alicyclic amines) is 1. The number of hydrogen-bond donors (Lipinski definition) is 0. The van der Waals surface area contributed by atoms with Crippen LogP contribution in [0.25, 0.3) is 0 Å². The summed E-state index contributed by atoms with van der Waals surface area (Å²) in [5.74, 6) is 0.128. The smallest absolute Gasteiger partial charge is 0.257 e. The molecule has 0 N–H and O–H groups in total. The molecular formula is C18H25N5OS. The number of nitrogens with zero attached hydrogens (tertiary/aromatic N) is 5. The molecule has 2 fully saturated rings.